The van der Waals surface area contributed by atoms with Crippen molar-refractivity contribution in [2.45, 2.75) is 12.3 Å². The van der Waals surface area contributed by atoms with Crippen LogP contribution in [0, 0.1) is 0 Å². The van der Waals surface area contributed by atoms with Gasteiger partial charge in [-0.1, -0.05) is 42.5 Å². The van der Waals surface area contributed by atoms with Crippen molar-refractivity contribution in [3.8, 4) is 0 Å². The molecule has 1 heteroatoms. The molecule has 0 bridgehead atoms. The van der Waals surface area contributed by atoms with Crippen molar-refractivity contribution in [1.82, 2.24) is 4.90 Å². The maximum absolute atomic E-state index is 2.48. The summed E-state index contributed by atoms with van der Waals surface area (Å²) in [6, 6.07) is 10.8. The molecule has 0 radical (unpaired) electrons. The molecule has 0 aromatic heterocycles. The normalized spacial score (nSPS) is 23.9. The van der Waals surface area contributed by atoms with Crippen molar-refractivity contribution >= 4 is 0 Å². The van der Waals surface area contributed by atoms with Crippen LogP contribution >= 0.6 is 0 Å². The lowest BCUT2D eigenvalue weighted by Crippen LogP contribution is -2.20. The van der Waals surface area contributed by atoms with Gasteiger partial charge in [0.05, 0.1) is 0 Å². The second kappa shape index (κ2) is 3.58. The Hall–Kier alpha value is -1.50. The predicted molar refractivity (Wildman–Crippen MR) is 62.6 cm³/mol. The fraction of sp³-hybridized carbons (Fsp3) is 0.286. The summed E-state index contributed by atoms with van der Waals surface area (Å²) in [6.45, 7) is 2.30. The molecule has 0 N–H and O–H groups in total. The Balaban J connectivity index is 1.95. The van der Waals surface area contributed by atoms with Crippen LogP contribution in [0.5, 0.6) is 0 Å². The van der Waals surface area contributed by atoms with E-state index in [1.807, 2.05) is 0 Å². The first kappa shape index (κ1) is 8.78. The first-order valence-corrected chi connectivity index (χ1v) is 5.62. The van der Waals surface area contributed by atoms with Crippen LogP contribution in [0.3, 0.4) is 0 Å². The SMILES string of the molecule is C1=CCN2CCC(c3ccccc3)C2=C1. The molecule has 0 spiro atoms. The van der Waals surface area contributed by atoms with Gasteiger partial charge >= 0.3 is 0 Å². The Morgan fingerprint density at radius 3 is 2.87 bits per heavy atom. The third kappa shape index (κ3) is 1.48. The van der Waals surface area contributed by atoms with Crippen LogP contribution in [0.4, 0.5) is 0 Å². The minimum Gasteiger partial charge on any atom is -0.371 e. The second-order valence-corrected chi connectivity index (χ2v) is 4.22. The lowest BCUT2D eigenvalue weighted by molar-refractivity contribution is 0.430. The van der Waals surface area contributed by atoms with Gasteiger partial charge < -0.3 is 4.90 Å². The van der Waals surface area contributed by atoms with Gasteiger partial charge in [-0.2, -0.15) is 0 Å². The van der Waals surface area contributed by atoms with Gasteiger partial charge in [0, 0.05) is 24.7 Å². The van der Waals surface area contributed by atoms with Crippen molar-refractivity contribution in [3.05, 3.63) is 59.8 Å². The van der Waals surface area contributed by atoms with Crippen molar-refractivity contribution < 1.29 is 0 Å². The molecule has 2 aliphatic heterocycles. The van der Waals surface area contributed by atoms with Gasteiger partial charge in [-0.15, -0.1) is 0 Å². The zero-order chi connectivity index (χ0) is 10.1. The summed E-state index contributed by atoms with van der Waals surface area (Å²) >= 11 is 0. The van der Waals surface area contributed by atoms with Crippen LogP contribution in [0.1, 0.15) is 17.9 Å². The van der Waals surface area contributed by atoms with Crippen molar-refractivity contribution in [2.75, 3.05) is 13.1 Å². The minimum absolute atomic E-state index is 0.621. The zero-order valence-corrected chi connectivity index (χ0v) is 8.76. The molecule has 15 heavy (non-hydrogen) atoms. The Kier molecular flexibility index (Phi) is 2.09. The number of benzene rings is 1. The highest BCUT2D eigenvalue weighted by Crippen LogP contribution is 2.37. The van der Waals surface area contributed by atoms with Gasteiger partial charge in [0.1, 0.15) is 0 Å². The molecule has 1 aromatic carbocycles. The standard InChI is InChI=1S/C14H15N/c1-2-6-12(7-3-1)13-9-11-15-10-5-4-8-14(13)15/h1-8,13H,9-11H2. The fourth-order valence-corrected chi connectivity index (χ4v) is 2.58. The highest BCUT2D eigenvalue weighted by molar-refractivity contribution is 5.34. The largest absolute Gasteiger partial charge is 0.371 e. The fourth-order valence-electron chi connectivity index (χ4n) is 2.58. The summed E-state index contributed by atoms with van der Waals surface area (Å²) in [5.74, 6) is 0.621. The molecule has 2 aliphatic rings. The number of rotatable bonds is 1. The molecule has 1 atom stereocenters. The number of nitrogens with zero attached hydrogens (tertiary/aromatic N) is 1. The smallest absolute Gasteiger partial charge is 0.0359 e. The average Bonchev–Trinajstić information content (AvgIpc) is 2.74. The summed E-state index contributed by atoms with van der Waals surface area (Å²) in [7, 11) is 0. The van der Waals surface area contributed by atoms with Crippen LogP contribution in [0.15, 0.2) is 54.3 Å². The maximum atomic E-state index is 2.48. The number of allylic oxidation sites excluding steroid dienone is 3. The Bertz CT molecular complexity index is 403. The monoisotopic (exact) mass is 197 g/mol. The van der Waals surface area contributed by atoms with Gasteiger partial charge in [-0.25, -0.2) is 0 Å². The highest BCUT2D eigenvalue weighted by atomic mass is 15.2. The van der Waals surface area contributed by atoms with E-state index in [0.29, 0.717) is 5.92 Å². The van der Waals surface area contributed by atoms with Gasteiger partial charge in [0.15, 0.2) is 0 Å². The predicted octanol–water partition coefficient (Wildman–Crippen LogP) is 2.93. The zero-order valence-electron chi connectivity index (χ0n) is 8.76. The molecular weight excluding hydrogens is 182 g/mol. The molecule has 0 amide bonds. The highest BCUT2D eigenvalue weighted by Gasteiger charge is 2.28. The maximum Gasteiger partial charge on any atom is 0.0359 e. The van der Waals surface area contributed by atoms with Crippen molar-refractivity contribution in [2.24, 2.45) is 0 Å². The number of hydrogen-bond acceptors (Lipinski definition) is 1. The summed E-state index contributed by atoms with van der Waals surface area (Å²) in [4.78, 5) is 2.48. The van der Waals surface area contributed by atoms with Gasteiger partial charge in [-0.05, 0) is 18.1 Å². The molecule has 1 nitrogen and oxygen atoms in total. The van der Waals surface area contributed by atoms with E-state index in [0.717, 1.165) is 6.54 Å². The van der Waals surface area contributed by atoms with Crippen LogP contribution in [-0.2, 0) is 0 Å². The van der Waals surface area contributed by atoms with E-state index in [1.54, 1.807) is 0 Å². The third-order valence-corrected chi connectivity index (χ3v) is 3.34. The lowest BCUT2D eigenvalue weighted by atomic mass is 9.95. The molecule has 3 rings (SSSR count). The van der Waals surface area contributed by atoms with Crippen molar-refractivity contribution in [1.29, 1.82) is 0 Å². The van der Waals surface area contributed by atoms with Crippen LogP contribution in [0.2, 0.25) is 0 Å². The number of fused-ring (bicyclic) bond motifs is 1. The molecule has 0 aliphatic carbocycles. The molecular formula is C14H15N. The minimum atomic E-state index is 0.621. The summed E-state index contributed by atoms with van der Waals surface area (Å²) in [6.07, 6.45) is 7.95. The summed E-state index contributed by atoms with van der Waals surface area (Å²) in [5.41, 5.74) is 2.96. The van der Waals surface area contributed by atoms with E-state index in [4.69, 9.17) is 0 Å². The molecule has 1 aromatic rings. The van der Waals surface area contributed by atoms with E-state index < -0.39 is 0 Å². The van der Waals surface area contributed by atoms with Crippen LogP contribution < -0.4 is 0 Å². The van der Waals surface area contributed by atoms with Crippen LogP contribution in [0.25, 0.3) is 0 Å². The Morgan fingerprint density at radius 1 is 1.13 bits per heavy atom. The molecule has 1 unspecified atom stereocenters. The molecule has 2 heterocycles. The Morgan fingerprint density at radius 2 is 2.00 bits per heavy atom. The van der Waals surface area contributed by atoms with Gasteiger partial charge in [0.25, 0.3) is 0 Å². The number of hydrogen-bond donors (Lipinski definition) is 0. The van der Waals surface area contributed by atoms with E-state index in [9.17, 15) is 0 Å². The first-order chi connectivity index (χ1) is 7.45. The van der Waals surface area contributed by atoms with Gasteiger partial charge in [0.2, 0.25) is 0 Å². The Labute approximate surface area is 90.7 Å². The molecule has 1 fully saturated rings. The molecule has 0 saturated carbocycles. The van der Waals surface area contributed by atoms with E-state index >= 15 is 0 Å². The molecule has 1 saturated heterocycles. The first-order valence-electron chi connectivity index (χ1n) is 5.62. The topological polar surface area (TPSA) is 3.24 Å². The van der Waals surface area contributed by atoms with E-state index in [1.165, 1.54) is 24.2 Å². The molecule has 76 valence electrons. The van der Waals surface area contributed by atoms with Crippen LogP contribution in [-0.4, -0.2) is 18.0 Å². The summed E-state index contributed by atoms with van der Waals surface area (Å²) in [5, 5.41) is 0. The van der Waals surface area contributed by atoms with E-state index in [-0.39, 0.29) is 0 Å². The second-order valence-electron chi connectivity index (χ2n) is 4.22. The van der Waals surface area contributed by atoms with Crippen molar-refractivity contribution in [3.63, 3.8) is 0 Å². The summed E-state index contributed by atoms with van der Waals surface area (Å²) < 4.78 is 0. The van der Waals surface area contributed by atoms with E-state index in [2.05, 4.69) is 53.5 Å². The quantitative estimate of drug-likeness (QED) is 0.669. The van der Waals surface area contributed by atoms with Gasteiger partial charge in [-0.3, -0.25) is 0 Å². The average molecular weight is 197 g/mol. The lowest BCUT2D eigenvalue weighted by Gasteiger charge is -2.23. The third-order valence-electron chi connectivity index (χ3n) is 3.34.